The Morgan fingerprint density at radius 2 is 1.71 bits per heavy atom. The molecule has 2 aliphatic carbocycles. The molecule has 3 nitrogen and oxygen atoms in total. The van der Waals surface area contributed by atoms with E-state index in [0.717, 1.165) is 11.6 Å². The number of hydrogen-bond donors (Lipinski definition) is 2. The van der Waals surface area contributed by atoms with Crippen LogP contribution < -0.4 is 10.6 Å². The molecule has 1 heterocycles. The van der Waals surface area contributed by atoms with Crippen LogP contribution in [0.15, 0.2) is 72.8 Å². The summed E-state index contributed by atoms with van der Waals surface area (Å²) < 4.78 is 14.0. The van der Waals surface area contributed by atoms with Gasteiger partial charge in [0.05, 0.1) is 11.7 Å². The Balaban J connectivity index is 1.36. The zero-order valence-electron chi connectivity index (χ0n) is 17.2. The maximum absolute atomic E-state index is 14.0. The van der Waals surface area contributed by atoms with Gasteiger partial charge in [0.25, 0.3) is 5.91 Å². The number of carbonyl (C=O) groups excluding carboxylic acids is 1. The van der Waals surface area contributed by atoms with Crippen LogP contribution in [0.1, 0.15) is 52.7 Å². The van der Waals surface area contributed by atoms with Gasteiger partial charge in [-0.2, -0.15) is 0 Å². The largest absolute Gasteiger partial charge is 0.378 e. The van der Waals surface area contributed by atoms with Gasteiger partial charge in [-0.15, -0.1) is 0 Å². The van der Waals surface area contributed by atoms with Crippen LogP contribution in [0, 0.1) is 23.6 Å². The minimum absolute atomic E-state index is 0.213. The van der Waals surface area contributed by atoms with Gasteiger partial charge in [0.1, 0.15) is 5.82 Å². The molecular weight excluding hydrogens is 387 g/mol. The topological polar surface area (TPSA) is 41.1 Å². The lowest BCUT2D eigenvalue weighted by Gasteiger charge is -2.43. The van der Waals surface area contributed by atoms with Crippen LogP contribution in [0.3, 0.4) is 0 Å². The first kappa shape index (κ1) is 18.6. The molecule has 5 atom stereocenters. The fourth-order valence-electron chi connectivity index (χ4n) is 6.37. The Kier molecular flexibility index (Phi) is 4.34. The minimum atomic E-state index is -0.422. The van der Waals surface area contributed by atoms with Crippen molar-refractivity contribution in [2.75, 3.05) is 10.6 Å². The maximum Gasteiger partial charge on any atom is 0.255 e. The van der Waals surface area contributed by atoms with Crippen molar-refractivity contribution < 1.29 is 9.18 Å². The third kappa shape index (κ3) is 3.04. The summed E-state index contributed by atoms with van der Waals surface area (Å²) in [6.07, 6.45) is 3.86. The van der Waals surface area contributed by atoms with E-state index in [1.807, 2.05) is 18.2 Å². The normalized spacial score (nSPS) is 27.8. The predicted octanol–water partition coefficient (Wildman–Crippen LogP) is 6.37. The summed E-state index contributed by atoms with van der Waals surface area (Å²) in [4.78, 5) is 12.9. The van der Waals surface area contributed by atoms with Crippen molar-refractivity contribution in [1.29, 1.82) is 0 Å². The average Bonchev–Trinajstić information content (AvgIpc) is 3.43. The van der Waals surface area contributed by atoms with E-state index in [0.29, 0.717) is 29.4 Å². The summed E-state index contributed by atoms with van der Waals surface area (Å²) >= 11 is 0. The monoisotopic (exact) mass is 412 g/mol. The van der Waals surface area contributed by atoms with Crippen LogP contribution in [0.5, 0.6) is 0 Å². The van der Waals surface area contributed by atoms with Crippen LogP contribution in [0.4, 0.5) is 15.8 Å². The molecule has 0 spiro atoms. The summed E-state index contributed by atoms with van der Waals surface area (Å²) in [6.45, 7) is 0. The van der Waals surface area contributed by atoms with Crippen LogP contribution in [0.25, 0.3) is 0 Å². The van der Waals surface area contributed by atoms with Gasteiger partial charge in [0.2, 0.25) is 0 Å². The smallest absolute Gasteiger partial charge is 0.255 e. The number of amides is 1. The highest BCUT2D eigenvalue weighted by Crippen LogP contribution is 2.63. The zero-order valence-corrected chi connectivity index (χ0v) is 17.2. The lowest BCUT2D eigenvalue weighted by Crippen LogP contribution is -2.35. The van der Waals surface area contributed by atoms with E-state index in [4.69, 9.17) is 0 Å². The van der Waals surface area contributed by atoms with Gasteiger partial charge >= 0.3 is 0 Å². The molecule has 156 valence electrons. The minimum Gasteiger partial charge on any atom is -0.378 e. The lowest BCUT2D eigenvalue weighted by molar-refractivity contribution is 0.102. The van der Waals surface area contributed by atoms with Crippen molar-refractivity contribution in [2.45, 2.75) is 31.2 Å². The highest BCUT2D eigenvalue weighted by molar-refractivity contribution is 6.04. The summed E-state index contributed by atoms with van der Waals surface area (Å²) in [5.74, 6) is 1.76. The summed E-state index contributed by atoms with van der Waals surface area (Å²) in [5.41, 5.74) is 4.53. The third-order valence-corrected chi connectivity index (χ3v) is 7.63. The van der Waals surface area contributed by atoms with E-state index in [1.165, 1.54) is 36.5 Å². The first-order chi connectivity index (χ1) is 15.2. The molecule has 3 aromatic carbocycles. The second-order valence-corrected chi connectivity index (χ2v) is 9.21. The van der Waals surface area contributed by atoms with Gasteiger partial charge in [0.15, 0.2) is 0 Å². The Labute approximate surface area is 181 Å². The SMILES string of the molecule is O=C(Nc1ccccc1F)c1ccc2c(c1)[C@H]1[C@H]3CC[C@H](C3)[C@H]1[C@@H](c1ccccc1)N2. The van der Waals surface area contributed by atoms with Gasteiger partial charge in [-0.05, 0) is 84.4 Å². The molecule has 0 saturated heterocycles. The summed E-state index contributed by atoms with van der Waals surface area (Å²) in [7, 11) is 0. The molecule has 0 aromatic heterocycles. The van der Waals surface area contributed by atoms with Crippen LogP contribution in [-0.4, -0.2) is 5.91 Å². The Bertz CT molecular complexity index is 1140. The van der Waals surface area contributed by atoms with Gasteiger partial charge in [-0.3, -0.25) is 4.79 Å². The molecule has 3 aliphatic rings. The zero-order chi connectivity index (χ0) is 20.9. The van der Waals surface area contributed by atoms with Crippen molar-refractivity contribution in [3.63, 3.8) is 0 Å². The standard InChI is InChI=1S/C27H25FN2O/c28-21-8-4-5-9-23(21)30-27(31)19-12-13-22-20(15-19)24-17-10-11-18(14-17)25(24)26(29-22)16-6-2-1-3-7-16/h1-9,12-13,15,17-18,24-26,29H,10-11,14H2,(H,30,31)/t17-,18+,24+,25+,26+/m0/s1. The fourth-order valence-corrected chi connectivity index (χ4v) is 6.37. The molecule has 1 aliphatic heterocycles. The molecule has 31 heavy (non-hydrogen) atoms. The van der Waals surface area contributed by atoms with Gasteiger partial charge in [0, 0.05) is 11.3 Å². The van der Waals surface area contributed by atoms with Crippen LogP contribution in [0.2, 0.25) is 0 Å². The Morgan fingerprint density at radius 3 is 2.55 bits per heavy atom. The van der Waals surface area contributed by atoms with E-state index in [-0.39, 0.29) is 11.6 Å². The molecule has 0 unspecified atom stereocenters. The maximum atomic E-state index is 14.0. The molecular formula is C27H25FN2O. The molecule has 3 aromatic rings. The molecule has 2 saturated carbocycles. The molecule has 0 radical (unpaired) electrons. The van der Waals surface area contributed by atoms with Crippen LogP contribution >= 0.6 is 0 Å². The number of halogens is 1. The quantitative estimate of drug-likeness (QED) is 0.524. The molecule has 4 heteroatoms. The average molecular weight is 413 g/mol. The summed E-state index contributed by atoms with van der Waals surface area (Å²) in [6, 6.07) is 23.3. The number of nitrogens with one attached hydrogen (secondary N) is 2. The highest BCUT2D eigenvalue weighted by atomic mass is 19.1. The van der Waals surface area contributed by atoms with Gasteiger partial charge in [-0.1, -0.05) is 42.5 Å². The fraction of sp³-hybridized carbons (Fsp3) is 0.296. The van der Waals surface area contributed by atoms with Crippen molar-refractivity contribution in [3.8, 4) is 0 Å². The van der Waals surface area contributed by atoms with Crippen LogP contribution in [-0.2, 0) is 0 Å². The summed E-state index contributed by atoms with van der Waals surface area (Å²) in [5, 5.41) is 6.53. The highest BCUT2D eigenvalue weighted by Gasteiger charge is 2.53. The molecule has 2 N–H and O–H groups in total. The van der Waals surface area contributed by atoms with Crippen molar-refractivity contribution in [2.24, 2.45) is 17.8 Å². The van der Waals surface area contributed by atoms with E-state index < -0.39 is 5.82 Å². The number of rotatable bonds is 3. The second kappa shape index (κ2) is 7.23. The molecule has 2 fully saturated rings. The number of para-hydroxylation sites is 1. The van der Waals surface area contributed by atoms with E-state index >= 15 is 0 Å². The first-order valence-corrected chi connectivity index (χ1v) is 11.2. The number of carbonyl (C=O) groups is 1. The number of fused-ring (bicyclic) bond motifs is 7. The first-order valence-electron chi connectivity index (χ1n) is 11.2. The predicted molar refractivity (Wildman–Crippen MR) is 121 cm³/mol. The number of hydrogen-bond acceptors (Lipinski definition) is 2. The van der Waals surface area contributed by atoms with E-state index in [9.17, 15) is 9.18 Å². The number of anilines is 2. The van der Waals surface area contributed by atoms with Crippen molar-refractivity contribution in [1.82, 2.24) is 0 Å². The van der Waals surface area contributed by atoms with Crippen molar-refractivity contribution >= 4 is 17.3 Å². The Hall–Kier alpha value is -3.14. The molecule has 1 amide bonds. The third-order valence-electron chi connectivity index (χ3n) is 7.63. The van der Waals surface area contributed by atoms with Gasteiger partial charge < -0.3 is 10.6 Å². The Morgan fingerprint density at radius 1 is 0.935 bits per heavy atom. The molecule has 2 bridgehead atoms. The lowest BCUT2D eigenvalue weighted by atomic mass is 9.68. The second-order valence-electron chi connectivity index (χ2n) is 9.21. The van der Waals surface area contributed by atoms with Gasteiger partial charge in [-0.25, -0.2) is 4.39 Å². The van der Waals surface area contributed by atoms with E-state index in [1.54, 1.807) is 18.2 Å². The number of benzene rings is 3. The molecule has 6 rings (SSSR count). The van der Waals surface area contributed by atoms with E-state index in [2.05, 4.69) is 41.0 Å². The van der Waals surface area contributed by atoms with Crippen molar-refractivity contribution in [3.05, 3.63) is 95.3 Å².